The Morgan fingerprint density at radius 2 is 1.42 bits per heavy atom. The van der Waals surface area contributed by atoms with Crippen LogP contribution in [0, 0.1) is 0 Å². The quantitative estimate of drug-likeness (QED) is 0.364. The van der Waals surface area contributed by atoms with Gasteiger partial charge >= 0.3 is 5.97 Å². The normalized spacial score (nSPS) is 11.7. The second kappa shape index (κ2) is 8.79. The van der Waals surface area contributed by atoms with E-state index in [2.05, 4.69) is 0 Å². The van der Waals surface area contributed by atoms with Gasteiger partial charge < -0.3 is 9.30 Å². The Kier molecular flexibility index (Phi) is 5.76. The van der Waals surface area contributed by atoms with Gasteiger partial charge in [0.2, 0.25) is 0 Å². The third-order valence-corrected chi connectivity index (χ3v) is 5.26. The predicted octanol–water partition coefficient (Wildman–Crippen LogP) is 4.29. The topological polar surface area (TPSA) is 60.7 Å². The summed E-state index contributed by atoms with van der Waals surface area (Å²) in [5.74, 6) is -0.525. The first-order chi connectivity index (χ1) is 15.1. The number of fused-ring (bicyclic) bond motifs is 1. The molecule has 3 aromatic carbocycles. The number of hydrogen-bond acceptors (Lipinski definition) is 4. The van der Waals surface area contributed by atoms with Crippen LogP contribution in [0.5, 0.6) is 0 Å². The van der Waals surface area contributed by atoms with Crippen LogP contribution >= 0.6 is 0 Å². The van der Waals surface area contributed by atoms with Crippen LogP contribution in [0.4, 0.5) is 0 Å². The number of ether oxygens (including phenoxy) is 1. The number of rotatable bonds is 5. The number of methoxy groups -OCH3 is 1. The number of aliphatic imine (C=N–C) groups is 1. The van der Waals surface area contributed by atoms with E-state index < -0.39 is 12.0 Å². The lowest BCUT2D eigenvalue weighted by Crippen LogP contribution is -2.22. The molecule has 0 amide bonds. The standard InChI is InChI=1S/C26H22N2O3/c1-28-22-16-10-9-15-20(22)21(17-23(28)29)25(26(30)31-2)27-24(18-11-5-3-6-12-18)19-13-7-4-8-14-19/h3-17,25H,1-2H3. The fraction of sp³-hybridized carbons (Fsp3) is 0.115. The van der Waals surface area contributed by atoms with Crippen LogP contribution in [0.1, 0.15) is 22.7 Å². The lowest BCUT2D eigenvalue weighted by atomic mass is 9.99. The monoisotopic (exact) mass is 410 g/mol. The number of carbonyl (C=O) groups excluding carboxylic acids is 1. The average Bonchev–Trinajstić information content (AvgIpc) is 2.83. The van der Waals surface area contributed by atoms with Gasteiger partial charge in [0.1, 0.15) is 0 Å². The van der Waals surface area contributed by atoms with Crippen molar-refractivity contribution in [3.8, 4) is 0 Å². The van der Waals surface area contributed by atoms with Gasteiger partial charge in [-0.25, -0.2) is 4.79 Å². The molecule has 1 heterocycles. The molecule has 0 aliphatic carbocycles. The first-order valence-corrected chi connectivity index (χ1v) is 9.95. The van der Waals surface area contributed by atoms with Crippen LogP contribution in [0.15, 0.2) is 101 Å². The van der Waals surface area contributed by atoms with Crippen molar-refractivity contribution in [2.45, 2.75) is 6.04 Å². The van der Waals surface area contributed by atoms with Crippen molar-refractivity contribution in [1.29, 1.82) is 0 Å². The van der Waals surface area contributed by atoms with Gasteiger partial charge in [0, 0.05) is 35.2 Å². The Hall–Kier alpha value is -3.99. The Balaban J connectivity index is 2.00. The smallest absolute Gasteiger partial charge is 0.335 e. The Labute approximate surface area is 180 Å². The van der Waals surface area contributed by atoms with E-state index in [-0.39, 0.29) is 5.56 Å². The van der Waals surface area contributed by atoms with E-state index in [1.807, 2.05) is 84.9 Å². The number of esters is 1. The highest BCUT2D eigenvalue weighted by molar-refractivity contribution is 6.13. The number of pyridine rings is 1. The molecule has 31 heavy (non-hydrogen) atoms. The SMILES string of the molecule is COC(=O)C(N=C(c1ccccc1)c1ccccc1)c1cc(=O)n(C)c2ccccc12. The van der Waals surface area contributed by atoms with Crippen molar-refractivity contribution < 1.29 is 9.53 Å². The average molecular weight is 410 g/mol. The predicted molar refractivity (Wildman–Crippen MR) is 122 cm³/mol. The molecule has 0 N–H and O–H groups in total. The number of hydrogen-bond donors (Lipinski definition) is 0. The lowest BCUT2D eigenvalue weighted by molar-refractivity contribution is -0.142. The van der Waals surface area contributed by atoms with Crippen LogP contribution in [0.2, 0.25) is 0 Å². The van der Waals surface area contributed by atoms with E-state index in [4.69, 9.17) is 9.73 Å². The van der Waals surface area contributed by atoms with Crippen LogP contribution < -0.4 is 5.56 Å². The number of carbonyl (C=O) groups is 1. The van der Waals surface area contributed by atoms with Crippen LogP contribution in [0.25, 0.3) is 10.9 Å². The maximum absolute atomic E-state index is 12.9. The molecule has 1 atom stereocenters. The molecule has 1 aromatic heterocycles. The molecule has 0 saturated carbocycles. The zero-order chi connectivity index (χ0) is 21.8. The minimum Gasteiger partial charge on any atom is -0.467 e. The Bertz CT molecular complexity index is 1270. The number of para-hydroxylation sites is 1. The van der Waals surface area contributed by atoms with Gasteiger partial charge in [-0.05, 0) is 6.07 Å². The molecule has 4 aromatic rings. The van der Waals surface area contributed by atoms with E-state index in [0.717, 1.165) is 22.0 Å². The zero-order valence-corrected chi connectivity index (χ0v) is 17.4. The fourth-order valence-corrected chi connectivity index (χ4v) is 3.66. The number of benzene rings is 3. The van der Waals surface area contributed by atoms with E-state index in [0.29, 0.717) is 11.3 Å². The van der Waals surface area contributed by atoms with Crippen LogP contribution in [-0.2, 0) is 16.6 Å². The minimum atomic E-state index is -0.987. The first-order valence-electron chi connectivity index (χ1n) is 9.95. The van der Waals surface area contributed by atoms with Crippen molar-refractivity contribution in [3.05, 3.63) is 118 Å². The summed E-state index contributed by atoms with van der Waals surface area (Å²) in [5, 5.41) is 0.782. The van der Waals surface area contributed by atoms with E-state index >= 15 is 0 Å². The number of nitrogens with zero attached hydrogens (tertiary/aromatic N) is 2. The van der Waals surface area contributed by atoms with Crippen molar-refractivity contribution in [2.75, 3.05) is 7.11 Å². The highest BCUT2D eigenvalue weighted by Gasteiger charge is 2.25. The molecule has 154 valence electrons. The molecular formula is C26H22N2O3. The summed E-state index contributed by atoms with van der Waals surface area (Å²) in [7, 11) is 3.04. The zero-order valence-electron chi connectivity index (χ0n) is 17.4. The summed E-state index contributed by atoms with van der Waals surface area (Å²) in [4.78, 5) is 30.4. The minimum absolute atomic E-state index is 0.209. The molecule has 5 nitrogen and oxygen atoms in total. The molecule has 0 radical (unpaired) electrons. The molecule has 0 aliphatic heterocycles. The van der Waals surface area contributed by atoms with Gasteiger partial charge in [-0.2, -0.15) is 0 Å². The Morgan fingerprint density at radius 3 is 2.00 bits per heavy atom. The lowest BCUT2D eigenvalue weighted by Gasteiger charge is -2.17. The highest BCUT2D eigenvalue weighted by atomic mass is 16.5. The van der Waals surface area contributed by atoms with Gasteiger partial charge in [0.05, 0.1) is 18.3 Å². The maximum Gasteiger partial charge on any atom is 0.335 e. The molecule has 5 heteroatoms. The van der Waals surface area contributed by atoms with Gasteiger partial charge in [0.15, 0.2) is 6.04 Å². The summed E-state index contributed by atoms with van der Waals surface area (Å²) in [6.07, 6.45) is 0. The van der Waals surface area contributed by atoms with Crippen LogP contribution in [-0.4, -0.2) is 23.4 Å². The molecule has 4 rings (SSSR count). The largest absolute Gasteiger partial charge is 0.467 e. The van der Waals surface area contributed by atoms with Gasteiger partial charge in [-0.1, -0.05) is 78.9 Å². The molecule has 0 bridgehead atoms. The van der Waals surface area contributed by atoms with Gasteiger partial charge in [-0.15, -0.1) is 0 Å². The van der Waals surface area contributed by atoms with Gasteiger partial charge in [0.25, 0.3) is 5.56 Å². The van der Waals surface area contributed by atoms with Crippen molar-refractivity contribution in [3.63, 3.8) is 0 Å². The molecule has 0 saturated heterocycles. The van der Waals surface area contributed by atoms with E-state index in [1.165, 1.54) is 13.2 Å². The number of aryl methyl sites for hydroxylation is 1. The summed E-state index contributed by atoms with van der Waals surface area (Å²) < 4.78 is 6.67. The molecule has 0 aliphatic rings. The van der Waals surface area contributed by atoms with E-state index in [1.54, 1.807) is 11.6 Å². The first kappa shape index (κ1) is 20.3. The third kappa shape index (κ3) is 4.03. The van der Waals surface area contributed by atoms with Crippen molar-refractivity contribution in [2.24, 2.45) is 12.0 Å². The second-order valence-electron chi connectivity index (χ2n) is 7.15. The second-order valence-corrected chi connectivity index (χ2v) is 7.15. The van der Waals surface area contributed by atoms with E-state index in [9.17, 15) is 9.59 Å². The van der Waals surface area contributed by atoms with Crippen molar-refractivity contribution >= 4 is 22.6 Å². The maximum atomic E-state index is 12.9. The molecule has 0 spiro atoms. The summed E-state index contributed by atoms with van der Waals surface area (Å²) in [5.41, 5.74) is 3.44. The van der Waals surface area contributed by atoms with Gasteiger partial charge in [-0.3, -0.25) is 9.79 Å². The molecule has 0 fully saturated rings. The molecule has 1 unspecified atom stereocenters. The summed E-state index contributed by atoms with van der Waals surface area (Å²) >= 11 is 0. The summed E-state index contributed by atoms with van der Waals surface area (Å²) in [6.45, 7) is 0. The number of aromatic nitrogens is 1. The highest BCUT2D eigenvalue weighted by Crippen LogP contribution is 2.28. The molecular weight excluding hydrogens is 388 g/mol. The Morgan fingerprint density at radius 1 is 0.871 bits per heavy atom. The fourth-order valence-electron chi connectivity index (χ4n) is 3.66. The van der Waals surface area contributed by atoms with Crippen molar-refractivity contribution in [1.82, 2.24) is 4.57 Å². The summed E-state index contributed by atoms with van der Waals surface area (Å²) in [6, 6.07) is 27.3. The van der Waals surface area contributed by atoms with Crippen LogP contribution in [0.3, 0.4) is 0 Å². The third-order valence-electron chi connectivity index (χ3n) is 5.26.